The molecule has 0 heterocycles. The Balaban J connectivity index is 2.59. The molecule has 53 valence electrons. The molecule has 0 N–H and O–H groups in total. The van der Waals surface area contributed by atoms with E-state index in [2.05, 4.69) is 6.07 Å². The molecule has 0 fully saturated rings. The first-order valence-electron chi connectivity index (χ1n) is 3.42. The Hall–Kier alpha value is -0.980. The molecule has 0 saturated carbocycles. The molecule has 0 aromatic heterocycles. The van der Waals surface area contributed by atoms with Gasteiger partial charge in [-0.3, -0.25) is 0 Å². The second-order valence-corrected chi connectivity index (χ2v) is 2.41. The third-order valence-corrected chi connectivity index (χ3v) is 1.05. The summed E-state index contributed by atoms with van der Waals surface area (Å²) in [5.74, 6) is 0.887. The van der Waals surface area contributed by atoms with Gasteiger partial charge in [0.05, 0.1) is 6.10 Å². The molecule has 0 atom stereocenters. The summed E-state index contributed by atoms with van der Waals surface area (Å²) in [6.45, 7) is 4.01. The van der Waals surface area contributed by atoms with Crippen LogP contribution >= 0.6 is 0 Å². The van der Waals surface area contributed by atoms with Gasteiger partial charge in [-0.25, -0.2) is 0 Å². The molecule has 0 aliphatic heterocycles. The van der Waals surface area contributed by atoms with E-state index in [1.165, 1.54) is 0 Å². The lowest BCUT2D eigenvalue weighted by atomic mass is 10.3. The maximum atomic E-state index is 5.38. The first-order chi connectivity index (χ1) is 4.79. The lowest BCUT2D eigenvalue weighted by Gasteiger charge is -2.07. The average molecular weight is 135 g/mol. The Kier molecular flexibility index (Phi) is 2.32. The molecule has 0 amide bonds. The SMILES string of the molecule is CC(C)Oc1c[c]ccc1. The van der Waals surface area contributed by atoms with Gasteiger partial charge in [0.2, 0.25) is 0 Å². The van der Waals surface area contributed by atoms with Gasteiger partial charge >= 0.3 is 0 Å². The fourth-order valence-corrected chi connectivity index (χ4v) is 0.722. The molecular weight excluding hydrogens is 124 g/mol. The van der Waals surface area contributed by atoms with Gasteiger partial charge in [-0.15, -0.1) is 0 Å². The van der Waals surface area contributed by atoms with E-state index in [4.69, 9.17) is 4.74 Å². The average Bonchev–Trinajstić information content (AvgIpc) is 1.88. The van der Waals surface area contributed by atoms with Crippen molar-refractivity contribution in [3.8, 4) is 5.75 Å². The summed E-state index contributed by atoms with van der Waals surface area (Å²) < 4.78 is 5.38. The highest BCUT2D eigenvalue weighted by atomic mass is 16.5. The first-order valence-corrected chi connectivity index (χ1v) is 3.42. The summed E-state index contributed by atoms with van der Waals surface area (Å²) in [7, 11) is 0. The minimum absolute atomic E-state index is 0.246. The van der Waals surface area contributed by atoms with Gasteiger partial charge in [-0.1, -0.05) is 12.1 Å². The molecule has 1 nitrogen and oxygen atoms in total. The van der Waals surface area contributed by atoms with Crippen molar-refractivity contribution < 1.29 is 4.74 Å². The van der Waals surface area contributed by atoms with Gasteiger partial charge in [0.15, 0.2) is 0 Å². The van der Waals surface area contributed by atoms with Crippen LogP contribution < -0.4 is 4.74 Å². The van der Waals surface area contributed by atoms with E-state index in [0.717, 1.165) is 5.75 Å². The summed E-state index contributed by atoms with van der Waals surface area (Å²) >= 11 is 0. The first kappa shape index (κ1) is 7.13. The highest BCUT2D eigenvalue weighted by Gasteiger charge is 1.93. The van der Waals surface area contributed by atoms with Gasteiger partial charge in [0.1, 0.15) is 5.75 Å². The molecule has 0 unspecified atom stereocenters. The Morgan fingerprint density at radius 2 is 2.30 bits per heavy atom. The smallest absolute Gasteiger partial charge is 0.120 e. The summed E-state index contributed by atoms with van der Waals surface area (Å²) in [6.07, 6.45) is 0.246. The van der Waals surface area contributed by atoms with Gasteiger partial charge in [0.25, 0.3) is 0 Å². The van der Waals surface area contributed by atoms with E-state index in [1.807, 2.05) is 38.1 Å². The molecule has 1 rings (SSSR count). The van der Waals surface area contributed by atoms with Crippen molar-refractivity contribution in [1.82, 2.24) is 0 Å². The monoisotopic (exact) mass is 135 g/mol. The fourth-order valence-electron chi connectivity index (χ4n) is 0.722. The third kappa shape index (κ3) is 2.09. The second-order valence-electron chi connectivity index (χ2n) is 2.41. The molecule has 0 aliphatic carbocycles. The molecule has 1 aromatic carbocycles. The van der Waals surface area contributed by atoms with Crippen molar-refractivity contribution in [3.05, 3.63) is 30.3 Å². The Bertz CT molecular complexity index is 179. The zero-order valence-corrected chi connectivity index (χ0v) is 6.29. The van der Waals surface area contributed by atoms with Gasteiger partial charge in [-0.05, 0) is 32.0 Å². The van der Waals surface area contributed by atoms with Gasteiger partial charge < -0.3 is 4.74 Å². The molecule has 10 heavy (non-hydrogen) atoms. The van der Waals surface area contributed by atoms with Gasteiger partial charge in [-0.2, -0.15) is 0 Å². The second kappa shape index (κ2) is 3.25. The van der Waals surface area contributed by atoms with Crippen LogP contribution in [0.2, 0.25) is 0 Å². The minimum Gasteiger partial charge on any atom is -0.491 e. The van der Waals surface area contributed by atoms with Crippen molar-refractivity contribution in [3.63, 3.8) is 0 Å². The van der Waals surface area contributed by atoms with Crippen LogP contribution in [-0.4, -0.2) is 6.10 Å². The minimum atomic E-state index is 0.246. The number of rotatable bonds is 2. The van der Waals surface area contributed by atoms with Crippen LogP contribution in [0.25, 0.3) is 0 Å². The standard InChI is InChI=1S/C9H11O/c1-8(2)10-9-6-4-3-5-7-9/h3-4,6-8H,1-2H3. The van der Waals surface area contributed by atoms with Crippen LogP contribution in [0.4, 0.5) is 0 Å². The van der Waals surface area contributed by atoms with Crippen LogP contribution in [0.1, 0.15) is 13.8 Å². The molecule has 0 bridgehead atoms. The summed E-state index contributed by atoms with van der Waals surface area (Å²) in [5, 5.41) is 0. The van der Waals surface area contributed by atoms with E-state index >= 15 is 0 Å². The third-order valence-electron chi connectivity index (χ3n) is 1.05. The molecule has 1 heteroatoms. The van der Waals surface area contributed by atoms with Crippen LogP contribution in [0, 0.1) is 6.07 Å². The Morgan fingerprint density at radius 3 is 2.80 bits per heavy atom. The number of ether oxygens (including phenoxy) is 1. The molecular formula is C9H11O. The van der Waals surface area contributed by atoms with Crippen LogP contribution in [0.15, 0.2) is 24.3 Å². The van der Waals surface area contributed by atoms with Crippen molar-refractivity contribution in [2.75, 3.05) is 0 Å². The highest BCUT2D eigenvalue weighted by Crippen LogP contribution is 2.09. The van der Waals surface area contributed by atoms with Crippen molar-refractivity contribution in [2.45, 2.75) is 20.0 Å². The van der Waals surface area contributed by atoms with Crippen LogP contribution in [0.3, 0.4) is 0 Å². The zero-order chi connectivity index (χ0) is 7.40. The van der Waals surface area contributed by atoms with E-state index < -0.39 is 0 Å². The van der Waals surface area contributed by atoms with Crippen molar-refractivity contribution in [1.29, 1.82) is 0 Å². The molecule has 0 aliphatic rings. The molecule has 1 aromatic rings. The highest BCUT2D eigenvalue weighted by molar-refractivity contribution is 5.20. The maximum Gasteiger partial charge on any atom is 0.120 e. The predicted octanol–water partition coefficient (Wildman–Crippen LogP) is 2.27. The van der Waals surface area contributed by atoms with Crippen LogP contribution in [-0.2, 0) is 0 Å². The Morgan fingerprint density at radius 1 is 1.50 bits per heavy atom. The number of hydrogen-bond donors (Lipinski definition) is 0. The number of benzene rings is 1. The topological polar surface area (TPSA) is 9.23 Å². The van der Waals surface area contributed by atoms with Crippen molar-refractivity contribution >= 4 is 0 Å². The number of hydrogen-bond acceptors (Lipinski definition) is 1. The molecule has 1 radical (unpaired) electrons. The fraction of sp³-hybridized carbons (Fsp3) is 0.333. The van der Waals surface area contributed by atoms with E-state index in [-0.39, 0.29) is 6.10 Å². The molecule has 0 saturated heterocycles. The van der Waals surface area contributed by atoms with E-state index in [0.29, 0.717) is 0 Å². The quantitative estimate of drug-likeness (QED) is 0.604. The van der Waals surface area contributed by atoms with Crippen molar-refractivity contribution in [2.24, 2.45) is 0 Å². The van der Waals surface area contributed by atoms with E-state index in [1.54, 1.807) is 0 Å². The van der Waals surface area contributed by atoms with E-state index in [9.17, 15) is 0 Å². The summed E-state index contributed by atoms with van der Waals surface area (Å²) in [4.78, 5) is 0. The van der Waals surface area contributed by atoms with Gasteiger partial charge in [0, 0.05) is 0 Å². The van der Waals surface area contributed by atoms with Crippen LogP contribution in [0.5, 0.6) is 5.75 Å². The predicted molar refractivity (Wildman–Crippen MR) is 41.0 cm³/mol. The zero-order valence-electron chi connectivity index (χ0n) is 6.29. The summed E-state index contributed by atoms with van der Waals surface area (Å²) in [5.41, 5.74) is 0. The Labute approximate surface area is 61.6 Å². The molecule has 0 spiro atoms. The lowest BCUT2D eigenvalue weighted by molar-refractivity contribution is 0.242. The largest absolute Gasteiger partial charge is 0.491 e. The lowest BCUT2D eigenvalue weighted by Crippen LogP contribution is -2.04. The normalized spacial score (nSPS) is 9.90. The maximum absolute atomic E-state index is 5.38. The summed E-state index contributed by atoms with van der Waals surface area (Å²) in [6, 6.07) is 10.5.